The smallest absolute Gasteiger partial charge is 0.0503 e. The topological polar surface area (TPSA) is 38.3 Å². The highest BCUT2D eigenvalue weighted by Crippen LogP contribution is 2.20. The molecule has 0 saturated carbocycles. The lowest BCUT2D eigenvalue weighted by Crippen LogP contribution is -2.29. The Morgan fingerprint density at radius 2 is 2.06 bits per heavy atom. The Balaban J connectivity index is 1.97. The molecule has 0 atom stereocenters. The molecular weight excluding hydrogens is 246 g/mol. The van der Waals surface area contributed by atoms with Gasteiger partial charge in [-0.05, 0) is 30.9 Å². The zero-order chi connectivity index (χ0) is 12.8. The molecule has 3 nitrogen and oxygen atoms in total. The summed E-state index contributed by atoms with van der Waals surface area (Å²) in [5.74, 6) is 1.66. The van der Waals surface area contributed by atoms with E-state index in [1.807, 2.05) is 0 Å². The standard InChI is InChI=1S/C14H21NO2S/c1-17-9-6-12-4-2-3-5-14(12)15-13-7-10-18(16)11-8-13/h2-5,13,15H,6-11H2,1H3. The van der Waals surface area contributed by atoms with Gasteiger partial charge in [0.25, 0.3) is 0 Å². The second-order valence-corrected chi connectivity index (χ2v) is 6.36. The average molecular weight is 267 g/mol. The molecular formula is C14H21NO2S. The van der Waals surface area contributed by atoms with Crippen molar-refractivity contribution in [2.45, 2.75) is 25.3 Å². The van der Waals surface area contributed by atoms with Gasteiger partial charge in [-0.1, -0.05) is 18.2 Å². The van der Waals surface area contributed by atoms with E-state index in [1.54, 1.807) is 7.11 Å². The second kappa shape index (κ2) is 6.90. The molecule has 0 aromatic heterocycles. The molecule has 0 aliphatic carbocycles. The van der Waals surface area contributed by atoms with Crippen LogP contribution in [0, 0.1) is 0 Å². The molecule has 1 aromatic rings. The van der Waals surface area contributed by atoms with E-state index in [2.05, 4.69) is 29.6 Å². The molecule has 1 saturated heterocycles. The molecule has 4 heteroatoms. The lowest BCUT2D eigenvalue weighted by Gasteiger charge is -2.25. The van der Waals surface area contributed by atoms with E-state index in [4.69, 9.17) is 4.74 Å². The molecule has 1 heterocycles. The van der Waals surface area contributed by atoms with Crippen LogP contribution in [0.1, 0.15) is 18.4 Å². The maximum absolute atomic E-state index is 11.3. The first-order valence-corrected chi connectivity index (χ1v) is 7.97. The lowest BCUT2D eigenvalue weighted by atomic mass is 10.1. The maximum Gasteiger partial charge on any atom is 0.0503 e. The third-order valence-electron chi connectivity index (χ3n) is 3.34. The fourth-order valence-electron chi connectivity index (χ4n) is 2.25. The minimum absolute atomic E-state index is 0.464. The number of methoxy groups -OCH3 is 1. The molecule has 0 spiro atoms. The van der Waals surface area contributed by atoms with Crippen LogP contribution in [0.15, 0.2) is 24.3 Å². The van der Waals surface area contributed by atoms with Gasteiger partial charge in [-0.25, -0.2) is 0 Å². The van der Waals surface area contributed by atoms with E-state index >= 15 is 0 Å². The number of hydrogen-bond donors (Lipinski definition) is 1. The molecule has 0 unspecified atom stereocenters. The van der Waals surface area contributed by atoms with E-state index < -0.39 is 10.8 Å². The van der Waals surface area contributed by atoms with Crippen LogP contribution < -0.4 is 5.32 Å². The molecule has 1 N–H and O–H groups in total. The van der Waals surface area contributed by atoms with Crippen molar-refractivity contribution < 1.29 is 8.95 Å². The Hall–Kier alpha value is -0.870. The number of ether oxygens (including phenoxy) is 1. The molecule has 18 heavy (non-hydrogen) atoms. The third-order valence-corrected chi connectivity index (χ3v) is 4.72. The number of benzene rings is 1. The van der Waals surface area contributed by atoms with Crippen molar-refractivity contribution in [2.24, 2.45) is 0 Å². The summed E-state index contributed by atoms with van der Waals surface area (Å²) in [6.45, 7) is 0.743. The van der Waals surface area contributed by atoms with Gasteiger partial charge >= 0.3 is 0 Å². The zero-order valence-corrected chi connectivity index (χ0v) is 11.7. The predicted octanol–water partition coefficient (Wildman–Crippen LogP) is 2.20. The monoisotopic (exact) mass is 267 g/mol. The minimum Gasteiger partial charge on any atom is -0.384 e. The van der Waals surface area contributed by atoms with Crippen LogP contribution in [-0.4, -0.2) is 35.5 Å². The van der Waals surface area contributed by atoms with E-state index in [9.17, 15) is 4.21 Å². The van der Waals surface area contributed by atoms with Crippen LogP contribution >= 0.6 is 0 Å². The van der Waals surface area contributed by atoms with Gasteiger partial charge < -0.3 is 10.1 Å². The van der Waals surface area contributed by atoms with Crippen LogP contribution in [0.3, 0.4) is 0 Å². The predicted molar refractivity (Wildman–Crippen MR) is 76.5 cm³/mol. The van der Waals surface area contributed by atoms with Gasteiger partial charge in [-0.15, -0.1) is 0 Å². The molecule has 1 aliphatic rings. The lowest BCUT2D eigenvalue weighted by molar-refractivity contribution is 0.202. The van der Waals surface area contributed by atoms with Crippen LogP contribution in [0.5, 0.6) is 0 Å². The molecule has 1 aliphatic heterocycles. The third kappa shape index (κ3) is 3.82. The van der Waals surface area contributed by atoms with Crippen LogP contribution in [0.25, 0.3) is 0 Å². The summed E-state index contributed by atoms with van der Waals surface area (Å²) in [6, 6.07) is 8.84. The fraction of sp³-hybridized carbons (Fsp3) is 0.571. The summed E-state index contributed by atoms with van der Waals surface area (Å²) >= 11 is 0. The highest BCUT2D eigenvalue weighted by molar-refractivity contribution is 7.85. The Labute approximate surface area is 111 Å². The van der Waals surface area contributed by atoms with Gasteiger partial charge in [-0.3, -0.25) is 4.21 Å². The molecule has 1 fully saturated rings. The summed E-state index contributed by atoms with van der Waals surface area (Å²) in [5.41, 5.74) is 2.50. The number of hydrogen-bond acceptors (Lipinski definition) is 3. The SMILES string of the molecule is COCCc1ccccc1NC1CCS(=O)CC1. The number of anilines is 1. The van der Waals surface area contributed by atoms with Gasteiger partial charge in [0, 0.05) is 41.1 Å². The van der Waals surface area contributed by atoms with Crippen molar-refractivity contribution in [1.29, 1.82) is 0 Å². The number of para-hydroxylation sites is 1. The van der Waals surface area contributed by atoms with Crippen molar-refractivity contribution in [2.75, 3.05) is 30.5 Å². The highest BCUT2D eigenvalue weighted by atomic mass is 32.2. The molecule has 2 rings (SSSR count). The molecule has 0 amide bonds. The van der Waals surface area contributed by atoms with Crippen molar-refractivity contribution in [3.63, 3.8) is 0 Å². The van der Waals surface area contributed by atoms with E-state index in [1.165, 1.54) is 11.3 Å². The van der Waals surface area contributed by atoms with Crippen molar-refractivity contribution in [3.8, 4) is 0 Å². The Morgan fingerprint density at radius 3 is 2.78 bits per heavy atom. The van der Waals surface area contributed by atoms with Crippen LogP contribution in [0.2, 0.25) is 0 Å². The average Bonchev–Trinajstić information content (AvgIpc) is 2.40. The second-order valence-electron chi connectivity index (χ2n) is 4.67. The van der Waals surface area contributed by atoms with E-state index in [-0.39, 0.29) is 0 Å². The van der Waals surface area contributed by atoms with Gasteiger partial charge in [0.15, 0.2) is 0 Å². The summed E-state index contributed by atoms with van der Waals surface area (Å²) in [5, 5.41) is 3.59. The summed E-state index contributed by atoms with van der Waals surface area (Å²) in [7, 11) is 1.14. The minimum atomic E-state index is -0.589. The van der Waals surface area contributed by atoms with Crippen LogP contribution in [0.4, 0.5) is 5.69 Å². The highest BCUT2D eigenvalue weighted by Gasteiger charge is 2.18. The summed E-state index contributed by atoms with van der Waals surface area (Å²) in [4.78, 5) is 0. The largest absolute Gasteiger partial charge is 0.384 e. The quantitative estimate of drug-likeness (QED) is 0.889. The van der Waals surface area contributed by atoms with Crippen molar-refractivity contribution in [3.05, 3.63) is 29.8 Å². The normalized spacial score (nSPS) is 23.8. The molecule has 0 bridgehead atoms. The first-order chi connectivity index (χ1) is 8.79. The van der Waals surface area contributed by atoms with Crippen molar-refractivity contribution in [1.82, 2.24) is 0 Å². The fourth-order valence-corrected chi connectivity index (χ4v) is 3.55. The first kappa shape index (κ1) is 13.6. The van der Waals surface area contributed by atoms with Gasteiger partial charge in [0.2, 0.25) is 0 Å². The van der Waals surface area contributed by atoms with Gasteiger partial charge in [0.05, 0.1) is 6.61 Å². The molecule has 1 aromatic carbocycles. The summed E-state index contributed by atoms with van der Waals surface area (Å²) in [6.07, 6.45) is 2.94. The van der Waals surface area contributed by atoms with E-state index in [0.29, 0.717) is 6.04 Å². The summed E-state index contributed by atoms with van der Waals surface area (Å²) < 4.78 is 16.5. The van der Waals surface area contributed by atoms with Crippen molar-refractivity contribution >= 4 is 16.5 Å². The Morgan fingerprint density at radius 1 is 1.33 bits per heavy atom. The van der Waals surface area contributed by atoms with Gasteiger partial charge in [-0.2, -0.15) is 0 Å². The zero-order valence-electron chi connectivity index (χ0n) is 10.9. The molecule has 100 valence electrons. The van der Waals surface area contributed by atoms with E-state index in [0.717, 1.165) is 37.4 Å². The Bertz CT molecular complexity index is 399. The number of nitrogens with one attached hydrogen (secondary N) is 1. The Kier molecular flexibility index (Phi) is 5.20. The number of rotatable bonds is 5. The molecule has 0 radical (unpaired) electrons. The van der Waals surface area contributed by atoms with Crippen LogP contribution in [-0.2, 0) is 22.0 Å². The first-order valence-electron chi connectivity index (χ1n) is 6.48. The van der Waals surface area contributed by atoms with Gasteiger partial charge in [0.1, 0.15) is 0 Å². The maximum atomic E-state index is 11.3.